The van der Waals surface area contributed by atoms with Crippen molar-refractivity contribution < 1.29 is 4.39 Å². The molecular weight excluding hydrogens is 313 g/mol. The molecule has 0 aliphatic rings. The molecule has 0 saturated carbocycles. The summed E-state index contributed by atoms with van der Waals surface area (Å²) in [6, 6.07) is 18.8. The third-order valence-corrected chi connectivity index (χ3v) is 4.26. The van der Waals surface area contributed by atoms with Gasteiger partial charge in [0.25, 0.3) is 0 Å². The highest BCUT2D eigenvalue weighted by Crippen LogP contribution is 2.13. The number of pyridine rings is 1. The van der Waals surface area contributed by atoms with E-state index in [2.05, 4.69) is 28.1 Å². The number of fused-ring (bicyclic) bond motifs is 1. The fourth-order valence-electron chi connectivity index (χ4n) is 2.92. The number of halogens is 1. The molecule has 0 saturated heterocycles. The van der Waals surface area contributed by atoms with Crippen molar-refractivity contribution in [2.45, 2.75) is 12.8 Å². The van der Waals surface area contributed by atoms with Crippen LogP contribution < -0.4 is 0 Å². The fraction of sp³-hybridized carbons (Fsp3) is 0.238. The summed E-state index contributed by atoms with van der Waals surface area (Å²) in [5, 5.41) is 9.25. The monoisotopic (exact) mass is 335 g/mol. The van der Waals surface area contributed by atoms with Gasteiger partial charge in [0.05, 0.1) is 11.2 Å². The Balaban J connectivity index is 1.51. The van der Waals surface area contributed by atoms with Gasteiger partial charge in [-0.05, 0) is 44.6 Å². The minimum atomic E-state index is -0.332. The Hall–Kier alpha value is -2.59. The number of hydrogen-bond acceptors (Lipinski definition) is 3. The standard InChI is InChI=1S/C21H22FN3/c1-25(15-20(23)18-9-3-4-10-19(18)22)14-6-8-17-13-12-16-7-2-5-11-21(16)24-17/h2-5,7,9-13,23H,6,8,14-15H2,1H3. The van der Waals surface area contributed by atoms with Crippen LogP contribution in [-0.2, 0) is 6.42 Å². The average molecular weight is 335 g/mol. The van der Waals surface area contributed by atoms with Gasteiger partial charge in [-0.15, -0.1) is 0 Å². The average Bonchev–Trinajstić information content (AvgIpc) is 2.62. The molecule has 0 amide bonds. The number of likely N-dealkylation sites (N-methyl/N-ethyl adjacent to an activating group) is 1. The minimum absolute atomic E-state index is 0.310. The van der Waals surface area contributed by atoms with E-state index < -0.39 is 0 Å². The molecule has 3 nitrogen and oxygen atoms in total. The zero-order chi connectivity index (χ0) is 17.6. The Morgan fingerprint density at radius 2 is 1.80 bits per heavy atom. The maximum absolute atomic E-state index is 13.7. The van der Waals surface area contributed by atoms with Crippen molar-refractivity contribution >= 4 is 16.6 Å². The molecule has 0 fully saturated rings. The van der Waals surface area contributed by atoms with Crippen LogP contribution in [0, 0.1) is 11.2 Å². The minimum Gasteiger partial charge on any atom is -0.303 e. The second-order valence-corrected chi connectivity index (χ2v) is 6.30. The van der Waals surface area contributed by atoms with Gasteiger partial charge in [-0.1, -0.05) is 42.5 Å². The van der Waals surface area contributed by atoms with Crippen molar-refractivity contribution in [3.8, 4) is 0 Å². The van der Waals surface area contributed by atoms with Gasteiger partial charge in [0.2, 0.25) is 0 Å². The summed E-state index contributed by atoms with van der Waals surface area (Å²) in [5.41, 5.74) is 2.79. The van der Waals surface area contributed by atoms with Gasteiger partial charge >= 0.3 is 0 Å². The molecule has 3 rings (SSSR count). The van der Waals surface area contributed by atoms with E-state index >= 15 is 0 Å². The van der Waals surface area contributed by atoms with Gasteiger partial charge in [0, 0.05) is 23.2 Å². The lowest BCUT2D eigenvalue weighted by Gasteiger charge is -2.17. The number of hydrogen-bond donors (Lipinski definition) is 1. The van der Waals surface area contributed by atoms with Crippen LogP contribution in [0.25, 0.3) is 10.9 Å². The van der Waals surface area contributed by atoms with Gasteiger partial charge in [-0.2, -0.15) is 0 Å². The maximum atomic E-state index is 13.7. The zero-order valence-corrected chi connectivity index (χ0v) is 14.4. The molecule has 128 valence electrons. The first-order chi connectivity index (χ1) is 12.1. The van der Waals surface area contributed by atoms with E-state index in [-0.39, 0.29) is 5.82 Å². The third kappa shape index (κ3) is 4.48. The van der Waals surface area contributed by atoms with E-state index in [9.17, 15) is 4.39 Å². The van der Waals surface area contributed by atoms with Crippen LogP contribution in [0.5, 0.6) is 0 Å². The largest absolute Gasteiger partial charge is 0.303 e. The van der Waals surface area contributed by atoms with E-state index in [0.29, 0.717) is 17.8 Å². The molecule has 0 spiro atoms. The lowest BCUT2D eigenvalue weighted by Crippen LogP contribution is -2.27. The third-order valence-electron chi connectivity index (χ3n) is 4.26. The van der Waals surface area contributed by atoms with Crippen molar-refractivity contribution in [3.05, 3.63) is 77.7 Å². The SMILES string of the molecule is CN(CCCc1ccc2ccccc2n1)CC(=N)c1ccccc1F. The molecule has 1 heterocycles. The Kier molecular flexibility index (Phi) is 5.51. The smallest absolute Gasteiger partial charge is 0.132 e. The van der Waals surface area contributed by atoms with Crippen molar-refractivity contribution in [2.24, 2.45) is 0 Å². The maximum Gasteiger partial charge on any atom is 0.132 e. The van der Waals surface area contributed by atoms with Crippen molar-refractivity contribution in [3.63, 3.8) is 0 Å². The highest BCUT2D eigenvalue weighted by molar-refractivity contribution is 5.99. The predicted molar refractivity (Wildman–Crippen MR) is 101 cm³/mol. The van der Waals surface area contributed by atoms with Gasteiger partial charge in [0.1, 0.15) is 5.82 Å². The normalized spacial score (nSPS) is 11.2. The summed E-state index contributed by atoms with van der Waals surface area (Å²) in [6.07, 6.45) is 1.84. The summed E-state index contributed by atoms with van der Waals surface area (Å²) < 4.78 is 13.7. The number of benzene rings is 2. The Morgan fingerprint density at radius 3 is 2.64 bits per heavy atom. The summed E-state index contributed by atoms with van der Waals surface area (Å²) in [6.45, 7) is 1.28. The molecule has 0 aliphatic heterocycles. The molecule has 0 unspecified atom stereocenters. The van der Waals surface area contributed by atoms with E-state index in [0.717, 1.165) is 36.0 Å². The Morgan fingerprint density at radius 1 is 1.04 bits per heavy atom. The Bertz CT molecular complexity index is 876. The van der Waals surface area contributed by atoms with Gasteiger partial charge in [-0.25, -0.2) is 4.39 Å². The second kappa shape index (κ2) is 7.99. The van der Waals surface area contributed by atoms with Crippen LogP contribution in [-0.4, -0.2) is 35.7 Å². The van der Waals surface area contributed by atoms with Crippen LogP contribution in [0.3, 0.4) is 0 Å². The molecule has 0 aliphatic carbocycles. The van der Waals surface area contributed by atoms with Crippen LogP contribution in [0.15, 0.2) is 60.7 Å². The first-order valence-corrected chi connectivity index (χ1v) is 8.49. The van der Waals surface area contributed by atoms with Gasteiger partial charge < -0.3 is 10.3 Å². The molecule has 4 heteroatoms. The molecule has 0 radical (unpaired) electrons. The molecule has 0 bridgehead atoms. The lowest BCUT2D eigenvalue weighted by molar-refractivity contribution is 0.373. The fourth-order valence-corrected chi connectivity index (χ4v) is 2.92. The van der Waals surface area contributed by atoms with Crippen molar-refractivity contribution in [1.29, 1.82) is 5.41 Å². The molecule has 0 atom stereocenters. The van der Waals surface area contributed by atoms with Crippen molar-refractivity contribution in [1.82, 2.24) is 9.88 Å². The van der Waals surface area contributed by atoms with Crippen LogP contribution in [0.2, 0.25) is 0 Å². The lowest BCUT2D eigenvalue weighted by atomic mass is 10.1. The number of aromatic nitrogens is 1. The predicted octanol–water partition coefficient (Wildman–Crippen LogP) is 4.31. The number of para-hydroxylation sites is 1. The molecule has 25 heavy (non-hydrogen) atoms. The molecule has 1 N–H and O–H groups in total. The van der Waals surface area contributed by atoms with E-state index in [1.807, 2.05) is 25.2 Å². The highest BCUT2D eigenvalue weighted by Gasteiger charge is 2.10. The quantitative estimate of drug-likeness (QED) is 0.654. The van der Waals surface area contributed by atoms with Crippen LogP contribution in [0.4, 0.5) is 4.39 Å². The Labute approximate surface area is 147 Å². The first-order valence-electron chi connectivity index (χ1n) is 8.49. The summed E-state index contributed by atoms with van der Waals surface area (Å²) >= 11 is 0. The summed E-state index contributed by atoms with van der Waals surface area (Å²) in [7, 11) is 1.96. The van der Waals surface area contributed by atoms with E-state index in [1.165, 1.54) is 6.07 Å². The molecule has 3 aromatic rings. The second-order valence-electron chi connectivity index (χ2n) is 6.30. The molecule has 2 aromatic carbocycles. The van der Waals surface area contributed by atoms with Gasteiger partial charge in [0.15, 0.2) is 0 Å². The van der Waals surface area contributed by atoms with Crippen LogP contribution >= 0.6 is 0 Å². The van der Waals surface area contributed by atoms with Crippen molar-refractivity contribution in [2.75, 3.05) is 20.1 Å². The number of nitrogens with one attached hydrogen (secondary N) is 1. The number of nitrogens with zero attached hydrogens (tertiary/aromatic N) is 2. The first kappa shape index (κ1) is 17.2. The number of rotatable bonds is 7. The molecular formula is C21H22FN3. The van der Waals surface area contributed by atoms with Crippen LogP contribution in [0.1, 0.15) is 17.7 Å². The van der Waals surface area contributed by atoms with E-state index in [1.54, 1.807) is 18.2 Å². The summed E-state index contributed by atoms with van der Waals surface area (Å²) in [5.74, 6) is -0.332. The highest BCUT2D eigenvalue weighted by atomic mass is 19.1. The van der Waals surface area contributed by atoms with Gasteiger partial charge in [-0.3, -0.25) is 4.98 Å². The topological polar surface area (TPSA) is 40.0 Å². The summed E-state index contributed by atoms with van der Waals surface area (Å²) in [4.78, 5) is 6.73. The molecule has 1 aromatic heterocycles. The van der Waals surface area contributed by atoms with E-state index in [4.69, 9.17) is 5.41 Å². The number of aryl methyl sites for hydroxylation is 1. The zero-order valence-electron chi connectivity index (χ0n) is 14.4.